The minimum Gasteiger partial charge on any atom is -0.378 e. The SMILES string of the molecule is [B][C@@](Nc1cc(Cl)c2ncc(C#N)c(N[C@H](CS(C)(=O)=O)c3ccccc3)c2c1)(C1=CN(C2CC2)NN1)c1ccc(F)cc1. The fraction of sp³-hybridized carbons (Fsp3) is 0.226. The van der Waals surface area contributed by atoms with E-state index in [2.05, 4.69) is 32.6 Å². The normalized spacial score (nSPS) is 16.9. The molecule has 0 unspecified atom stereocenters. The first-order chi connectivity index (χ1) is 21.0. The van der Waals surface area contributed by atoms with Crippen LogP contribution in [0.15, 0.2) is 84.8 Å². The first kappa shape index (κ1) is 29.8. The van der Waals surface area contributed by atoms with Crippen molar-refractivity contribution >= 4 is 51.6 Å². The van der Waals surface area contributed by atoms with Crippen LogP contribution in [0, 0.1) is 17.1 Å². The number of fused-ring (bicyclic) bond motifs is 1. The first-order valence-corrected chi connectivity index (χ1v) is 16.3. The van der Waals surface area contributed by atoms with Crippen LogP contribution in [0.5, 0.6) is 0 Å². The zero-order chi connectivity index (χ0) is 31.1. The van der Waals surface area contributed by atoms with Crippen LogP contribution in [0.2, 0.25) is 5.02 Å². The zero-order valence-corrected chi connectivity index (χ0v) is 25.3. The lowest BCUT2D eigenvalue weighted by atomic mass is 9.69. The molecule has 0 spiro atoms. The standard InChI is InChI=1S/C31H28BClFN7O2S/c1-44(42,43)18-27(19-5-3-2-4-6-19)37-29-20(15-35)16-36-30-25(29)13-23(14-26(30)33)38-31(32,21-7-9-22(34)10-8-21)28-17-41(40-39-28)24-11-12-24/h2-10,13-14,16-17,24,27,38-40H,11-12,18H2,1H3,(H,36,37)/t27-,31+/m1/s1. The van der Waals surface area contributed by atoms with Crippen molar-refractivity contribution in [2.24, 2.45) is 0 Å². The Labute approximate surface area is 261 Å². The molecule has 1 aliphatic carbocycles. The second-order valence-corrected chi connectivity index (χ2v) is 13.7. The molecule has 4 N–H and O–H groups in total. The number of aromatic nitrogens is 1. The van der Waals surface area contributed by atoms with Gasteiger partial charge in [-0.15, -0.1) is 5.53 Å². The zero-order valence-electron chi connectivity index (χ0n) is 23.7. The van der Waals surface area contributed by atoms with E-state index in [0.717, 1.165) is 18.4 Å². The molecule has 1 saturated carbocycles. The molecule has 0 saturated heterocycles. The lowest BCUT2D eigenvalue weighted by molar-refractivity contribution is 0.260. The number of pyridine rings is 1. The number of hydrazine groups is 2. The Morgan fingerprint density at radius 3 is 2.59 bits per heavy atom. The average Bonchev–Trinajstić information content (AvgIpc) is 3.72. The van der Waals surface area contributed by atoms with Gasteiger partial charge in [0, 0.05) is 35.8 Å². The predicted octanol–water partition coefficient (Wildman–Crippen LogP) is 4.86. The number of hydrogen-bond acceptors (Lipinski definition) is 9. The third-order valence-electron chi connectivity index (χ3n) is 7.63. The molecule has 2 aliphatic rings. The van der Waals surface area contributed by atoms with E-state index in [9.17, 15) is 18.1 Å². The van der Waals surface area contributed by atoms with Gasteiger partial charge in [-0.25, -0.2) is 12.8 Å². The minimum atomic E-state index is -3.42. The highest BCUT2D eigenvalue weighted by Crippen LogP contribution is 2.39. The predicted molar refractivity (Wildman–Crippen MR) is 171 cm³/mol. The first-order valence-electron chi connectivity index (χ1n) is 13.9. The Morgan fingerprint density at radius 1 is 1.20 bits per heavy atom. The number of nitrogens with one attached hydrogen (secondary N) is 4. The molecule has 3 aromatic carbocycles. The monoisotopic (exact) mass is 627 g/mol. The van der Waals surface area contributed by atoms with Crippen molar-refractivity contribution in [3.05, 3.63) is 112 Å². The van der Waals surface area contributed by atoms with Crippen LogP contribution in [-0.2, 0) is 15.3 Å². The molecular weight excluding hydrogens is 600 g/mol. The summed E-state index contributed by atoms with van der Waals surface area (Å²) in [6.07, 6.45) is 6.56. The van der Waals surface area contributed by atoms with Crippen molar-refractivity contribution in [2.45, 2.75) is 30.4 Å². The Morgan fingerprint density at radius 2 is 1.93 bits per heavy atom. The van der Waals surface area contributed by atoms with Crippen molar-refractivity contribution in [1.82, 2.24) is 21.0 Å². The summed E-state index contributed by atoms with van der Waals surface area (Å²) in [6.45, 7) is 0. The van der Waals surface area contributed by atoms with Gasteiger partial charge in [-0.3, -0.25) is 9.99 Å². The number of nitriles is 1. The minimum absolute atomic E-state index is 0.210. The van der Waals surface area contributed by atoms with Crippen LogP contribution >= 0.6 is 11.6 Å². The van der Waals surface area contributed by atoms with Gasteiger partial charge in [0.05, 0.1) is 44.7 Å². The van der Waals surface area contributed by atoms with Gasteiger partial charge >= 0.3 is 0 Å². The second kappa shape index (κ2) is 11.7. The van der Waals surface area contributed by atoms with Crippen LogP contribution in [0.25, 0.3) is 10.9 Å². The molecule has 0 amide bonds. The Balaban J connectivity index is 1.46. The summed E-state index contributed by atoms with van der Waals surface area (Å²) in [5.74, 6) is -0.609. The van der Waals surface area contributed by atoms with Gasteiger partial charge in [0.2, 0.25) is 0 Å². The molecule has 1 fully saturated rings. The van der Waals surface area contributed by atoms with Crippen LogP contribution in [0.4, 0.5) is 15.8 Å². The van der Waals surface area contributed by atoms with E-state index in [0.29, 0.717) is 39.6 Å². The summed E-state index contributed by atoms with van der Waals surface area (Å²) in [6, 6.07) is 20.3. The summed E-state index contributed by atoms with van der Waals surface area (Å²) in [5, 5.41) is 19.4. The van der Waals surface area contributed by atoms with E-state index in [1.54, 1.807) is 24.3 Å². The quantitative estimate of drug-likeness (QED) is 0.183. The van der Waals surface area contributed by atoms with Gasteiger partial charge in [0.25, 0.3) is 0 Å². The average molecular weight is 628 g/mol. The number of rotatable bonds is 10. The molecule has 6 rings (SSSR count). The summed E-state index contributed by atoms with van der Waals surface area (Å²) >= 11 is 6.77. The highest BCUT2D eigenvalue weighted by Gasteiger charge is 2.38. The topological polar surface area (TPSA) is 122 Å². The van der Waals surface area contributed by atoms with Crippen LogP contribution in [-0.4, -0.2) is 44.3 Å². The fourth-order valence-electron chi connectivity index (χ4n) is 5.27. The second-order valence-electron chi connectivity index (χ2n) is 11.1. The molecule has 1 aliphatic heterocycles. The number of sulfone groups is 1. The maximum atomic E-state index is 13.9. The Bertz CT molecular complexity index is 1900. The van der Waals surface area contributed by atoms with E-state index in [1.807, 2.05) is 41.5 Å². The third-order valence-corrected chi connectivity index (χ3v) is 8.86. The summed E-state index contributed by atoms with van der Waals surface area (Å²) in [4.78, 5) is 4.43. The van der Waals surface area contributed by atoms with Gasteiger partial charge < -0.3 is 16.1 Å². The number of anilines is 2. The summed E-state index contributed by atoms with van der Waals surface area (Å²) in [5.41, 5.74) is 8.30. The van der Waals surface area contributed by atoms with Gasteiger partial charge in [-0.2, -0.15) is 5.26 Å². The Kier molecular flexibility index (Phi) is 7.88. The summed E-state index contributed by atoms with van der Waals surface area (Å²) < 4.78 is 38.8. The molecule has 2 radical (unpaired) electrons. The molecule has 4 aromatic rings. The molecule has 2 heterocycles. The van der Waals surface area contributed by atoms with E-state index < -0.39 is 27.1 Å². The summed E-state index contributed by atoms with van der Waals surface area (Å²) in [7, 11) is 3.66. The van der Waals surface area contributed by atoms with Crippen molar-refractivity contribution in [3.8, 4) is 6.07 Å². The van der Waals surface area contributed by atoms with Crippen LogP contribution in [0.3, 0.4) is 0 Å². The highest BCUT2D eigenvalue weighted by atomic mass is 35.5. The van der Waals surface area contributed by atoms with Crippen LogP contribution in [0.1, 0.15) is 35.6 Å². The lowest BCUT2D eigenvalue weighted by Gasteiger charge is -2.34. The largest absolute Gasteiger partial charge is 0.378 e. The van der Waals surface area contributed by atoms with Crippen molar-refractivity contribution in [3.63, 3.8) is 0 Å². The number of halogens is 2. The maximum absolute atomic E-state index is 13.9. The molecule has 44 heavy (non-hydrogen) atoms. The molecule has 13 heteroatoms. The number of benzene rings is 3. The van der Waals surface area contributed by atoms with Crippen LogP contribution < -0.4 is 21.6 Å². The highest BCUT2D eigenvalue weighted by molar-refractivity contribution is 7.90. The number of hydrogen-bond donors (Lipinski definition) is 4. The molecule has 1 aromatic heterocycles. The maximum Gasteiger partial charge on any atom is 0.149 e. The van der Waals surface area contributed by atoms with Gasteiger partial charge in [0.15, 0.2) is 0 Å². The lowest BCUT2D eigenvalue weighted by Crippen LogP contribution is -2.45. The smallest absolute Gasteiger partial charge is 0.149 e. The molecule has 222 valence electrons. The van der Waals surface area contributed by atoms with Crippen molar-refractivity contribution in [2.75, 3.05) is 22.6 Å². The third kappa shape index (κ3) is 6.17. The molecule has 0 bridgehead atoms. The van der Waals surface area contributed by atoms with E-state index >= 15 is 0 Å². The molecule has 9 nitrogen and oxygen atoms in total. The van der Waals surface area contributed by atoms with Crippen molar-refractivity contribution < 1.29 is 12.8 Å². The van der Waals surface area contributed by atoms with E-state index in [1.165, 1.54) is 24.6 Å². The Hall–Kier alpha value is -4.31. The molecular formula is C31H28BClFN7O2S. The van der Waals surface area contributed by atoms with Crippen molar-refractivity contribution in [1.29, 1.82) is 5.26 Å². The van der Waals surface area contributed by atoms with Gasteiger partial charge in [-0.05, 0) is 48.2 Å². The van der Waals surface area contributed by atoms with E-state index in [4.69, 9.17) is 19.4 Å². The molecule has 2 atom stereocenters. The number of nitrogens with zero attached hydrogens (tertiary/aromatic N) is 3. The fourth-order valence-corrected chi connectivity index (χ4v) is 6.42. The van der Waals surface area contributed by atoms with Gasteiger partial charge in [-0.1, -0.05) is 54.1 Å². The van der Waals surface area contributed by atoms with E-state index in [-0.39, 0.29) is 16.3 Å². The van der Waals surface area contributed by atoms with Gasteiger partial charge in [0.1, 0.15) is 29.6 Å².